The molecule has 0 saturated heterocycles. The highest BCUT2D eigenvalue weighted by Crippen LogP contribution is 2.40. The van der Waals surface area contributed by atoms with Crippen molar-refractivity contribution in [3.05, 3.63) is 82.4 Å². The maximum Gasteiger partial charge on any atom is 0.416 e. The maximum atomic E-state index is 13.8. The molecule has 1 unspecified atom stereocenters. The topological polar surface area (TPSA) is 122 Å². The number of rotatable bonds is 9. The largest absolute Gasteiger partial charge is 0.508 e. The number of aromatic carboxylic acids is 1. The Morgan fingerprint density at radius 3 is 2.15 bits per heavy atom. The lowest BCUT2D eigenvalue weighted by Crippen LogP contribution is -2.56. The summed E-state index contributed by atoms with van der Waals surface area (Å²) < 4.78 is 89.4. The van der Waals surface area contributed by atoms with Crippen LogP contribution in [-0.4, -0.2) is 59.9 Å². The van der Waals surface area contributed by atoms with Gasteiger partial charge in [-0.25, -0.2) is 18.9 Å². The lowest BCUT2D eigenvalue weighted by Gasteiger charge is -2.32. The first-order valence-electron chi connectivity index (χ1n) is 13.3. The van der Waals surface area contributed by atoms with Crippen molar-refractivity contribution in [1.29, 1.82) is 0 Å². The molecule has 0 bridgehead atoms. The Kier molecular flexibility index (Phi) is 9.63. The van der Waals surface area contributed by atoms with Crippen LogP contribution < -0.4 is 14.5 Å². The number of carboxylic acid groups (broad SMARTS) is 1. The fraction of sp³-hybridized carbons (Fsp3) is 0.267. The van der Waals surface area contributed by atoms with Crippen LogP contribution in [0.4, 0.5) is 37.7 Å². The lowest BCUT2D eigenvalue weighted by molar-refractivity contribution is -0.143. The molecule has 46 heavy (non-hydrogen) atoms. The highest BCUT2D eigenvalue weighted by molar-refractivity contribution is 7.80. The standard InChI is InChI=1S/C30H24F6N2O7S/c1-44-28(43)18-8-17(27(41)42)9-21(10-18)37-25(46)5-7-38(6-4-16-11-22(39)2-3-24(16)38)26(40)15-45-23-13-19(29(31,32)33)12-20(14-23)30(34,35)36/h2-3,8-14H,4-7,15H2,1H3,(H2-,37,39,41,42,46)/p+1. The van der Waals surface area contributed by atoms with E-state index in [2.05, 4.69) is 10.1 Å². The summed E-state index contributed by atoms with van der Waals surface area (Å²) in [5.74, 6) is -3.72. The molecule has 0 fully saturated rings. The number of phenolic OH excluding ortho intramolecular Hbond substituents is 1. The molecule has 1 amide bonds. The average Bonchev–Trinajstić information content (AvgIpc) is 3.35. The molecule has 3 aromatic rings. The van der Waals surface area contributed by atoms with Gasteiger partial charge in [-0.15, -0.1) is 0 Å². The number of amides is 1. The molecular formula is C30H25F6N2O7S+. The summed E-state index contributed by atoms with van der Waals surface area (Å²) >= 11 is 5.43. The van der Waals surface area contributed by atoms with Crippen LogP contribution in [0.1, 0.15) is 43.8 Å². The zero-order chi connectivity index (χ0) is 34.0. The van der Waals surface area contributed by atoms with Gasteiger partial charge in [-0.3, -0.25) is 0 Å². The second-order valence-electron chi connectivity index (χ2n) is 10.3. The van der Waals surface area contributed by atoms with Gasteiger partial charge in [0.1, 0.15) is 17.2 Å². The summed E-state index contributed by atoms with van der Waals surface area (Å²) in [5.41, 5.74) is -2.36. The van der Waals surface area contributed by atoms with Gasteiger partial charge in [0, 0.05) is 30.2 Å². The average molecular weight is 672 g/mol. The molecule has 0 spiro atoms. The number of anilines is 1. The number of aromatic hydroxyl groups is 1. The number of fused-ring (bicyclic) bond motifs is 1. The molecule has 244 valence electrons. The number of thiocarbonyl (C=S) groups is 1. The molecule has 3 N–H and O–H groups in total. The van der Waals surface area contributed by atoms with Gasteiger partial charge in [-0.1, -0.05) is 12.2 Å². The van der Waals surface area contributed by atoms with Gasteiger partial charge in [0.25, 0.3) is 0 Å². The highest BCUT2D eigenvalue weighted by atomic mass is 32.1. The van der Waals surface area contributed by atoms with Gasteiger partial charge >= 0.3 is 30.2 Å². The fourth-order valence-corrected chi connectivity index (χ4v) is 5.30. The number of ether oxygens (including phenoxy) is 2. The minimum atomic E-state index is -5.11. The summed E-state index contributed by atoms with van der Waals surface area (Å²) in [6, 6.07) is 8.58. The third-order valence-corrected chi connectivity index (χ3v) is 7.60. The van der Waals surface area contributed by atoms with Crippen LogP contribution in [0, 0.1) is 0 Å². The molecular weight excluding hydrogens is 646 g/mol. The molecule has 1 aliphatic heterocycles. The van der Waals surface area contributed by atoms with Crippen LogP contribution in [-0.2, 0) is 28.3 Å². The van der Waals surface area contributed by atoms with Crippen molar-refractivity contribution in [1.82, 2.24) is 4.48 Å². The van der Waals surface area contributed by atoms with Crippen molar-refractivity contribution < 1.29 is 60.4 Å². The number of quaternary nitrogens is 1. The van der Waals surface area contributed by atoms with Gasteiger partial charge in [-0.2, -0.15) is 26.3 Å². The third-order valence-electron chi connectivity index (χ3n) is 7.29. The Balaban J connectivity index is 1.59. The molecule has 0 saturated carbocycles. The number of carboxylic acids is 1. The van der Waals surface area contributed by atoms with Crippen LogP contribution in [0.25, 0.3) is 0 Å². The van der Waals surface area contributed by atoms with Crippen molar-refractivity contribution in [3.63, 3.8) is 0 Å². The van der Waals surface area contributed by atoms with Crippen LogP contribution in [0.3, 0.4) is 0 Å². The molecule has 1 heterocycles. The van der Waals surface area contributed by atoms with E-state index in [4.69, 9.17) is 17.0 Å². The van der Waals surface area contributed by atoms with Crippen molar-refractivity contribution in [3.8, 4) is 11.5 Å². The monoisotopic (exact) mass is 671 g/mol. The number of benzene rings is 3. The molecule has 1 atom stereocenters. The van der Waals surface area contributed by atoms with E-state index < -0.39 is 58.2 Å². The Morgan fingerprint density at radius 1 is 0.935 bits per heavy atom. The highest BCUT2D eigenvalue weighted by Gasteiger charge is 2.45. The van der Waals surface area contributed by atoms with Crippen molar-refractivity contribution in [2.24, 2.45) is 0 Å². The number of hydrogen-bond donors (Lipinski definition) is 3. The second-order valence-corrected chi connectivity index (χ2v) is 10.8. The molecule has 1 aliphatic rings. The Morgan fingerprint density at radius 2 is 1.57 bits per heavy atom. The van der Waals surface area contributed by atoms with Gasteiger partial charge in [-0.05, 0) is 48.5 Å². The summed E-state index contributed by atoms with van der Waals surface area (Å²) in [7, 11) is 1.12. The first-order valence-corrected chi connectivity index (χ1v) is 13.8. The third kappa shape index (κ3) is 7.56. The Hall–Kier alpha value is -4.70. The van der Waals surface area contributed by atoms with Gasteiger partial charge < -0.3 is 25.0 Å². The van der Waals surface area contributed by atoms with E-state index in [9.17, 15) is 50.9 Å². The zero-order valence-corrected chi connectivity index (χ0v) is 24.6. The molecule has 0 aliphatic carbocycles. The number of carbonyl (C=O) groups excluding carboxylic acids is 2. The molecule has 3 aromatic carbocycles. The summed E-state index contributed by atoms with van der Waals surface area (Å²) in [6.45, 7) is -0.839. The van der Waals surface area contributed by atoms with Gasteiger partial charge in [0.15, 0.2) is 0 Å². The molecule has 0 radical (unpaired) electrons. The van der Waals surface area contributed by atoms with E-state index in [1.807, 2.05) is 0 Å². The smallest absolute Gasteiger partial charge is 0.416 e. The number of methoxy groups -OCH3 is 1. The normalized spacial score (nSPS) is 16.0. The van der Waals surface area contributed by atoms with Crippen molar-refractivity contribution in [2.75, 3.05) is 32.1 Å². The number of nitrogens with one attached hydrogen (secondary N) is 1. The van der Waals surface area contributed by atoms with Crippen LogP contribution in [0.5, 0.6) is 11.5 Å². The summed E-state index contributed by atoms with van der Waals surface area (Å²) in [4.78, 5) is 37.5. The van der Waals surface area contributed by atoms with E-state index in [1.54, 1.807) is 0 Å². The molecule has 0 aromatic heterocycles. The van der Waals surface area contributed by atoms with Gasteiger partial charge in [0.2, 0.25) is 6.61 Å². The second kappa shape index (κ2) is 13.0. The van der Waals surface area contributed by atoms with E-state index in [0.29, 0.717) is 29.8 Å². The number of halogens is 6. The SMILES string of the molecule is COC(=O)c1cc(NC(=S)CC[N+]2(C(=O)COc3cc(C(F)(F)F)cc(C(F)(F)F)c3)CCc3cc(O)ccc32)cc(C(=O)O)c1. The minimum absolute atomic E-state index is 0.0198. The molecule has 16 heteroatoms. The molecule has 9 nitrogen and oxygen atoms in total. The van der Waals surface area contributed by atoms with Crippen LogP contribution >= 0.6 is 12.2 Å². The number of phenols is 1. The van der Waals surface area contributed by atoms with E-state index in [-0.39, 0.29) is 53.1 Å². The first-order chi connectivity index (χ1) is 21.4. The number of alkyl halides is 6. The number of carbonyl (C=O) groups is 3. The predicted molar refractivity (Wildman–Crippen MR) is 156 cm³/mol. The number of esters is 1. The summed E-state index contributed by atoms with van der Waals surface area (Å²) in [6.07, 6.45) is -9.96. The Labute approximate surface area is 262 Å². The zero-order valence-electron chi connectivity index (χ0n) is 23.8. The van der Waals surface area contributed by atoms with E-state index in [0.717, 1.165) is 13.2 Å². The van der Waals surface area contributed by atoms with Crippen molar-refractivity contribution in [2.45, 2.75) is 25.2 Å². The number of nitrogens with zero attached hydrogens (tertiary/aromatic N) is 1. The lowest BCUT2D eigenvalue weighted by atomic mass is 10.1. The number of hydrogen-bond acceptors (Lipinski definition) is 7. The van der Waals surface area contributed by atoms with Crippen LogP contribution in [0.15, 0.2) is 54.6 Å². The first kappa shape index (κ1) is 34.2. The van der Waals surface area contributed by atoms with E-state index in [1.165, 1.54) is 30.3 Å². The predicted octanol–water partition coefficient (Wildman–Crippen LogP) is 6.21. The van der Waals surface area contributed by atoms with E-state index >= 15 is 0 Å². The minimum Gasteiger partial charge on any atom is -0.508 e. The van der Waals surface area contributed by atoms with Crippen molar-refractivity contribution >= 4 is 46.4 Å². The summed E-state index contributed by atoms with van der Waals surface area (Å²) in [5, 5.41) is 22.2. The molecule has 4 rings (SSSR count). The van der Waals surface area contributed by atoms with Crippen LogP contribution in [0.2, 0.25) is 0 Å². The Bertz CT molecular complexity index is 1680. The van der Waals surface area contributed by atoms with Gasteiger partial charge in [0.05, 0.1) is 47.4 Å². The maximum absolute atomic E-state index is 13.8. The quantitative estimate of drug-likeness (QED) is 0.105. The fourth-order valence-electron chi connectivity index (χ4n) is 5.09.